The van der Waals surface area contributed by atoms with E-state index in [2.05, 4.69) is 41.7 Å². The minimum atomic E-state index is -0.308. The van der Waals surface area contributed by atoms with Crippen molar-refractivity contribution in [2.24, 2.45) is 0 Å². The topological polar surface area (TPSA) is 89.7 Å². The molecule has 0 saturated heterocycles. The van der Waals surface area contributed by atoms with E-state index in [0.717, 1.165) is 10.0 Å². The summed E-state index contributed by atoms with van der Waals surface area (Å²) in [6.45, 7) is 1.86. The Labute approximate surface area is 122 Å². The number of hydrogen-bond donors (Lipinski definition) is 1. The smallest absolute Gasteiger partial charge is 0.189 e. The molecule has 2 heterocycles. The SMILES string of the molecule is C[C@H](Oc1ccc(Br)cc1-c1ccon1)c1nnn[nH]1. The number of H-pyrrole nitrogens is 1. The second kappa shape index (κ2) is 5.41. The summed E-state index contributed by atoms with van der Waals surface area (Å²) < 4.78 is 11.7. The summed E-state index contributed by atoms with van der Waals surface area (Å²) in [6.07, 6.45) is 1.21. The van der Waals surface area contributed by atoms with Gasteiger partial charge in [0.1, 0.15) is 17.7 Å². The standard InChI is InChI=1S/C12H10BrN5O2/c1-7(12-14-17-18-15-12)20-11-3-2-8(13)6-9(11)10-4-5-19-16-10/h2-7H,1H3,(H,14,15,17,18)/t7-/m0/s1. The monoisotopic (exact) mass is 335 g/mol. The number of aromatic amines is 1. The summed E-state index contributed by atoms with van der Waals surface area (Å²) in [7, 11) is 0. The van der Waals surface area contributed by atoms with Crippen LogP contribution < -0.4 is 4.74 Å². The summed E-state index contributed by atoms with van der Waals surface area (Å²) in [4.78, 5) is 0. The lowest BCUT2D eigenvalue weighted by molar-refractivity contribution is 0.217. The van der Waals surface area contributed by atoms with Gasteiger partial charge in [-0.25, -0.2) is 5.10 Å². The van der Waals surface area contributed by atoms with Crippen molar-refractivity contribution in [1.29, 1.82) is 0 Å². The maximum atomic E-state index is 5.89. The van der Waals surface area contributed by atoms with E-state index in [1.807, 2.05) is 25.1 Å². The number of nitrogens with zero attached hydrogens (tertiary/aromatic N) is 4. The first-order valence-electron chi connectivity index (χ1n) is 5.84. The van der Waals surface area contributed by atoms with E-state index in [1.54, 1.807) is 6.07 Å². The molecule has 8 heteroatoms. The van der Waals surface area contributed by atoms with Gasteiger partial charge in [-0.1, -0.05) is 21.1 Å². The van der Waals surface area contributed by atoms with Crippen LogP contribution >= 0.6 is 15.9 Å². The van der Waals surface area contributed by atoms with Crippen molar-refractivity contribution in [3.05, 3.63) is 40.8 Å². The van der Waals surface area contributed by atoms with E-state index >= 15 is 0 Å². The van der Waals surface area contributed by atoms with E-state index in [-0.39, 0.29) is 6.10 Å². The predicted molar refractivity (Wildman–Crippen MR) is 72.9 cm³/mol. The highest BCUT2D eigenvalue weighted by atomic mass is 79.9. The summed E-state index contributed by atoms with van der Waals surface area (Å²) in [5.41, 5.74) is 1.52. The lowest BCUT2D eigenvalue weighted by atomic mass is 10.1. The fourth-order valence-electron chi connectivity index (χ4n) is 1.74. The average molecular weight is 336 g/mol. The summed E-state index contributed by atoms with van der Waals surface area (Å²) in [5, 5.41) is 17.5. The first kappa shape index (κ1) is 12.8. The van der Waals surface area contributed by atoms with Gasteiger partial charge in [-0.3, -0.25) is 0 Å². The molecular formula is C12H10BrN5O2. The zero-order valence-corrected chi connectivity index (χ0v) is 12.0. The molecule has 1 N–H and O–H groups in total. The van der Waals surface area contributed by atoms with Crippen LogP contribution in [0.5, 0.6) is 5.75 Å². The first-order valence-corrected chi connectivity index (χ1v) is 6.64. The highest BCUT2D eigenvalue weighted by Gasteiger charge is 2.16. The van der Waals surface area contributed by atoms with E-state index in [9.17, 15) is 0 Å². The Bertz CT molecular complexity index is 684. The Morgan fingerprint density at radius 2 is 2.25 bits per heavy atom. The molecule has 0 unspecified atom stereocenters. The number of halogens is 1. The molecule has 0 fully saturated rings. The maximum absolute atomic E-state index is 5.89. The van der Waals surface area contributed by atoms with E-state index < -0.39 is 0 Å². The third-order valence-electron chi connectivity index (χ3n) is 2.71. The van der Waals surface area contributed by atoms with Crippen molar-refractivity contribution < 1.29 is 9.26 Å². The van der Waals surface area contributed by atoms with Gasteiger partial charge in [-0.2, -0.15) is 0 Å². The van der Waals surface area contributed by atoms with Crippen molar-refractivity contribution in [3.63, 3.8) is 0 Å². The lowest BCUT2D eigenvalue weighted by Gasteiger charge is -2.14. The molecule has 0 saturated carbocycles. The second-order valence-electron chi connectivity index (χ2n) is 4.07. The average Bonchev–Trinajstić information content (AvgIpc) is 3.13. The molecule has 3 aromatic rings. The molecule has 0 spiro atoms. The molecule has 102 valence electrons. The molecular weight excluding hydrogens is 326 g/mol. The number of aromatic nitrogens is 5. The number of hydrogen-bond acceptors (Lipinski definition) is 6. The molecule has 3 rings (SSSR count). The van der Waals surface area contributed by atoms with Gasteiger partial charge in [0, 0.05) is 16.1 Å². The number of benzene rings is 1. The van der Waals surface area contributed by atoms with Crippen molar-refractivity contribution in [2.75, 3.05) is 0 Å². The largest absolute Gasteiger partial charge is 0.482 e. The Morgan fingerprint density at radius 3 is 2.95 bits per heavy atom. The van der Waals surface area contributed by atoms with Gasteiger partial charge in [0.25, 0.3) is 0 Å². The summed E-state index contributed by atoms with van der Waals surface area (Å²) in [5.74, 6) is 1.23. The molecule has 0 amide bonds. The minimum Gasteiger partial charge on any atom is -0.482 e. The maximum Gasteiger partial charge on any atom is 0.189 e. The van der Waals surface area contributed by atoms with Gasteiger partial charge in [-0.05, 0) is 35.5 Å². The molecule has 0 aliphatic carbocycles. The molecule has 20 heavy (non-hydrogen) atoms. The third-order valence-corrected chi connectivity index (χ3v) is 3.20. The van der Waals surface area contributed by atoms with Crippen molar-refractivity contribution >= 4 is 15.9 Å². The highest BCUT2D eigenvalue weighted by molar-refractivity contribution is 9.10. The number of tetrazole rings is 1. The van der Waals surface area contributed by atoms with Crippen LogP contribution in [0.2, 0.25) is 0 Å². The molecule has 2 aromatic heterocycles. The predicted octanol–water partition coefficient (Wildman–Crippen LogP) is 2.76. The molecule has 0 aliphatic rings. The summed E-state index contributed by atoms with van der Waals surface area (Å²) in [6, 6.07) is 7.44. The van der Waals surface area contributed by atoms with E-state index in [0.29, 0.717) is 17.3 Å². The molecule has 1 aromatic carbocycles. The van der Waals surface area contributed by atoms with Crippen LogP contribution in [0.15, 0.2) is 39.5 Å². The normalized spacial score (nSPS) is 12.3. The number of rotatable bonds is 4. The lowest BCUT2D eigenvalue weighted by Crippen LogP contribution is -2.06. The Hall–Kier alpha value is -2.22. The highest BCUT2D eigenvalue weighted by Crippen LogP contribution is 2.33. The van der Waals surface area contributed by atoms with Crippen LogP contribution in [0.25, 0.3) is 11.3 Å². The fraction of sp³-hybridized carbons (Fsp3) is 0.167. The van der Waals surface area contributed by atoms with Crippen LogP contribution in [0.3, 0.4) is 0 Å². The Kier molecular flexibility index (Phi) is 3.46. The van der Waals surface area contributed by atoms with Crippen LogP contribution in [0.4, 0.5) is 0 Å². The van der Waals surface area contributed by atoms with Gasteiger partial charge in [0.15, 0.2) is 11.9 Å². The van der Waals surface area contributed by atoms with Crippen LogP contribution in [-0.4, -0.2) is 25.8 Å². The molecule has 0 radical (unpaired) electrons. The zero-order valence-electron chi connectivity index (χ0n) is 10.4. The summed E-state index contributed by atoms with van der Waals surface area (Å²) >= 11 is 3.43. The van der Waals surface area contributed by atoms with Crippen LogP contribution in [0.1, 0.15) is 18.9 Å². The molecule has 7 nitrogen and oxygen atoms in total. The number of ether oxygens (including phenoxy) is 1. The van der Waals surface area contributed by atoms with Gasteiger partial charge in [0.2, 0.25) is 0 Å². The minimum absolute atomic E-state index is 0.308. The van der Waals surface area contributed by atoms with Crippen LogP contribution in [0, 0.1) is 0 Å². The second-order valence-corrected chi connectivity index (χ2v) is 4.99. The van der Waals surface area contributed by atoms with E-state index in [4.69, 9.17) is 9.26 Å². The molecule has 0 aliphatic heterocycles. The van der Waals surface area contributed by atoms with Gasteiger partial charge in [0.05, 0.1) is 0 Å². The zero-order chi connectivity index (χ0) is 13.9. The van der Waals surface area contributed by atoms with Crippen LogP contribution in [-0.2, 0) is 0 Å². The van der Waals surface area contributed by atoms with Gasteiger partial charge < -0.3 is 9.26 Å². The van der Waals surface area contributed by atoms with Crippen molar-refractivity contribution in [2.45, 2.75) is 13.0 Å². The van der Waals surface area contributed by atoms with Crippen molar-refractivity contribution in [3.8, 4) is 17.0 Å². The van der Waals surface area contributed by atoms with Gasteiger partial charge >= 0.3 is 0 Å². The quantitative estimate of drug-likeness (QED) is 0.788. The van der Waals surface area contributed by atoms with Crippen molar-refractivity contribution in [1.82, 2.24) is 25.8 Å². The fourth-order valence-corrected chi connectivity index (χ4v) is 2.10. The first-order chi connectivity index (χ1) is 9.74. The molecule has 1 atom stereocenters. The Morgan fingerprint density at radius 1 is 1.35 bits per heavy atom. The molecule has 0 bridgehead atoms. The van der Waals surface area contributed by atoms with Gasteiger partial charge in [-0.15, -0.1) is 5.10 Å². The third kappa shape index (κ3) is 2.55. The Balaban J connectivity index is 1.93. The van der Waals surface area contributed by atoms with E-state index in [1.165, 1.54) is 6.26 Å². The number of nitrogens with one attached hydrogen (secondary N) is 1.